The first-order valence-corrected chi connectivity index (χ1v) is 6.55. The Bertz CT molecular complexity index is 635. The van der Waals surface area contributed by atoms with Crippen LogP contribution < -0.4 is 5.56 Å². The summed E-state index contributed by atoms with van der Waals surface area (Å²) in [6, 6.07) is 9.96. The molecule has 19 heavy (non-hydrogen) atoms. The van der Waals surface area contributed by atoms with Crippen LogP contribution in [0.15, 0.2) is 35.1 Å². The van der Waals surface area contributed by atoms with E-state index in [4.69, 9.17) is 1.37 Å². The van der Waals surface area contributed by atoms with Gasteiger partial charge in [0.1, 0.15) is 5.69 Å². The minimum atomic E-state index is -0.580. The Morgan fingerprint density at radius 2 is 2.00 bits per heavy atom. The first kappa shape index (κ1) is 12.2. The normalized spacial score (nSPS) is 13.4. The second-order valence-corrected chi connectivity index (χ2v) is 5.09. The zero-order valence-electron chi connectivity index (χ0n) is 12.6. The Kier molecular flexibility index (Phi) is 3.73. The molecule has 0 amide bonds. The third-order valence-corrected chi connectivity index (χ3v) is 2.94. The molecule has 1 N–H and O–H groups in total. The standard InChI is InChI=1S/C16H20N2O/c1-11(2)9-15-16(19)18-14(12(3)17-15)10-13-7-5-4-6-8-13/h4-8,11H,9-10H2,1-3H3,(H,18,19)/i9D. The molecule has 0 bridgehead atoms. The summed E-state index contributed by atoms with van der Waals surface area (Å²) in [5, 5.41) is 0. The summed E-state index contributed by atoms with van der Waals surface area (Å²) in [4.78, 5) is 19.3. The van der Waals surface area contributed by atoms with Crippen molar-refractivity contribution in [1.82, 2.24) is 9.97 Å². The number of H-pyrrole nitrogens is 1. The molecule has 1 unspecified atom stereocenters. The predicted molar refractivity (Wildman–Crippen MR) is 77.4 cm³/mol. The molecule has 0 saturated heterocycles. The lowest BCUT2D eigenvalue weighted by Gasteiger charge is -2.09. The summed E-state index contributed by atoms with van der Waals surface area (Å²) in [5.41, 5.74) is 2.82. The van der Waals surface area contributed by atoms with Crippen molar-refractivity contribution >= 4 is 0 Å². The zero-order chi connectivity index (χ0) is 14.7. The summed E-state index contributed by atoms with van der Waals surface area (Å²) in [6.07, 6.45) is 0.0720. The van der Waals surface area contributed by atoms with Gasteiger partial charge in [-0.2, -0.15) is 0 Å². The van der Waals surface area contributed by atoms with Gasteiger partial charge in [0.2, 0.25) is 0 Å². The molecular formula is C16H20N2O. The molecule has 1 heterocycles. The summed E-state index contributed by atoms with van der Waals surface area (Å²) in [7, 11) is 0. The second kappa shape index (κ2) is 5.83. The van der Waals surface area contributed by atoms with E-state index in [0.717, 1.165) is 17.0 Å². The lowest BCUT2D eigenvalue weighted by molar-refractivity contribution is 0.625. The molecule has 0 saturated carbocycles. The van der Waals surface area contributed by atoms with Gasteiger partial charge in [0.25, 0.3) is 5.56 Å². The van der Waals surface area contributed by atoms with Crippen molar-refractivity contribution in [1.29, 1.82) is 0 Å². The quantitative estimate of drug-likeness (QED) is 0.915. The third-order valence-electron chi connectivity index (χ3n) is 2.94. The van der Waals surface area contributed by atoms with Gasteiger partial charge in [0, 0.05) is 13.5 Å². The van der Waals surface area contributed by atoms with Crippen LogP contribution in [0.2, 0.25) is 0 Å². The minimum absolute atomic E-state index is 0.0722. The number of benzene rings is 1. The Hall–Kier alpha value is -1.90. The number of nitrogens with one attached hydrogen (secondary N) is 1. The summed E-state index contributed by atoms with van der Waals surface area (Å²) < 4.78 is 8.01. The van der Waals surface area contributed by atoms with Crippen LogP contribution in [0.3, 0.4) is 0 Å². The molecule has 2 aromatic rings. The average molecular weight is 257 g/mol. The van der Waals surface area contributed by atoms with E-state index in [1.807, 2.05) is 51.1 Å². The van der Waals surface area contributed by atoms with Crippen molar-refractivity contribution in [3.63, 3.8) is 0 Å². The van der Waals surface area contributed by atoms with Crippen molar-refractivity contribution in [3.8, 4) is 0 Å². The van der Waals surface area contributed by atoms with E-state index >= 15 is 0 Å². The highest BCUT2D eigenvalue weighted by Crippen LogP contribution is 2.10. The van der Waals surface area contributed by atoms with Gasteiger partial charge in [-0.1, -0.05) is 44.2 Å². The van der Waals surface area contributed by atoms with Crippen molar-refractivity contribution in [2.75, 3.05) is 0 Å². The van der Waals surface area contributed by atoms with Crippen molar-refractivity contribution in [2.24, 2.45) is 5.92 Å². The molecule has 1 atom stereocenters. The molecule has 0 aliphatic rings. The van der Waals surface area contributed by atoms with Crippen LogP contribution in [-0.4, -0.2) is 9.97 Å². The van der Waals surface area contributed by atoms with Crippen LogP contribution in [0, 0.1) is 12.8 Å². The summed E-state index contributed by atoms with van der Waals surface area (Å²) in [5.74, 6) is 0.0722. The van der Waals surface area contributed by atoms with Gasteiger partial charge < -0.3 is 4.98 Å². The van der Waals surface area contributed by atoms with Crippen molar-refractivity contribution < 1.29 is 1.37 Å². The van der Waals surface area contributed by atoms with Crippen LogP contribution in [0.4, 0.5) is 0 Å². The molecular weight excluding hydrogens is 236 g/mol. The van der Waals surface area contributed by atoms with Gasteiger partial charge in [0.05, 0.1) is 5.69 Å². The van der Waals surface area contributed by atoms with Gasteiger partial charge in [-0.15, -0.1) is 0 Å². The molecule has 0 radical (unpaired) electrons. The van der Waals surface area contributed by atoms with Crippen molar-refractivity contribution in [2.45, 2.75) is 33.6 Å². The molecule has 1 aromatic heterocycles. The number of nitrogens with zero attached hydrogens (tertiary/aromatic N) is 1. The molecule has 100 valence electrons. The van der Waals surface area contributed by atoms with Crippen LogP contribution >= 0.6 is 0 Å². The predicted octanol–water partition coefficient (Wildman–Crippen LogP) is 2.87. The van der Waals surface area contributed by atoms with Crippen LogP contribution in [0.5, 0.6) is 0 Å². The average Bonchev–Trinajstić information content (AvgIpc) is 2.42. The van der Waals surface area contributed by atoms with Gasteiger partial charge in [0.15, 0.2) is 0 Å². The van der Waals surface area contributed by atoms with E-state index in [1.54, 1.807) is 0 Å². The Morgan fingerprint density at radius 1 is 1.32 bits per heavy atom. The van der Waals surface area contributed by atoms with Crippen LogP contribution in [-0.2, 0) is 12.8 Å². The van der Waals surface area contributed by atoms with E-state index in [9.17, 15) is 4.79 Å². The number of hydrogen-bond acceptors (Lipinski definition) is 2. The fourth-order valence-electron chi connectivity index (χ4n) is 1.99. The number of aromatic nitrogens is 2. The Balaban J connectivity index is 2.34. The number of aromatic amines is 1. The lowest BCUT2D eigenvalue weighted by Crippen LogP contribution is -2.20. The maximum atomic E-state index is 12.1. The Morgan fingerprint density at radius 3 is 2.63 bits per heavy atom. The molecule has 1 aromatic carbocycles. The molecule has 3 heteroatoms. The van der Waals surface area contributed by atoms with E-state index in [2.05, 4.69) is 9.97 Å². The monoisotopic (exact) mass is 257 g/mol. The smallest absolute Gasteiger partial charge is 0.269 e. The maximum absolute atomic E-state index is 12.1. The highest BCUT2D eigenvalue weighted by molar-refractivity contribution is 5.24. The van der Waals surface area contributed by atoms with Gasteiger partial charge in [-0.05, 0) is 24.8 Å². The van der Waals surface area contributed by atoms with Gasteiger partial charge in [-0.3, -0.25) is 9.78 Å². The van der Waals surface area contributed by atoms with Crippen molar-refractivity contribution in [3.05, 3.63) is 63.3 Å². The molecule has 3 nitrogen and oxygen atoms in total. The number of hydrogen-bond donors (Lipinski definition) is 1. The molecule has 0 aliphatic heterocycles. The highest BCUT2D eigenvalue weighted by atomic mass is 16.1. The molecule has 0 fully saturated rings. The van der Waals surface area contributed by atoms with Gasteiger partial charge >= 0.3 is 0 Å². The fraction of sp³-hybridized carbons (Fsp3) is 0.375. The Labute approximate surface area is 115 Å². The highest BCUT2D eigenvalue weighted by Gasteiger charge is 2.09. The second-order valence-electron chi connectivity index (χ2n) is 5.09. The summed E-state index contributed by atoms with van der Waals surface area (Å²) >= 11 is 0. The van der Waals surface area contributed by atoms with Crippen LogP contribution in [0.1, 0.15) is 37.9 Å². The molecule has 0 aliphatic carbocycles. The topological polar surface area (TPSA) is 45.8 Å². The van der Waals surface area contributed by atoms with Crippen LogP contribution in [0.25, 0.3) is 0 Å². The SMILES string of the molecule is [2H]C(c1nc(C)c(Cc2ccccc2)[nH]c1=O)C(C)C. The van der Waals surface area contributed by atoms with E-state index in [1.165, 1.54) is 0 Å². The third kappa shape index (κ3) is 3.53. The molecule has 2 rings (SSSR count). The van der Waals surface area contributed by atoms with E-state index in [0.29, 0.717) is 12.1 Å². The lowest BCUT2D eigenvalue weighted by atomic mass is 10.1. The van der Waals surface area contributed by atoms with E-state index < -0.39 is 6.40 Å². The van der Waals surface area contributed by atoms with Gasteiger partial charge in [-0.25, -0.2) is 0 Å². The maximum Gasteiger partial charge on any atom is 0.269 e. The first-order chi connectivity index (χ1) is 9.49. The van der Waals surface area contributed by atoms with E-state index in [-0.39, 0.29) is 11.5 Å². The minimum Gasteiger partial charge on any atom is -0.323 e. The number of rotatable bonds is 4. The number of aryl methyl sites for hydroxylation is 1. The molecule has 0 spiro atoms. The largest absolute Gasteiger partial charge is 0.323 e. The zero-order valence-corrected chi connectivity index (χ0v) is 11.6. The fourth-order valence-corrected chi connectivity index (χ4v) is 1.99. The summed E-state index contributed by atoms with van der Waals surface area (Å²) in [6.45, 7) is 5.72. The first-order valence-electron chi connectivity index (χ1n) is 7.12.